The van der Waals surface area contributed by atoms with Crippen molar-refractivity contribution in [1.82, 2.24) is 5.32 Å². The fourth-order valence-electron chi connectivity index (χ4n) is 1.75. The number of ether oxygens (including phenoxy) is 2. The number of rotatable bonds is 7. The molecule has 0 radical (unpaired) electrons. The maximum atomic E-state index is 11.6. The molecule has 0 heterocycles. The third kappa shape index (κ3) is 5.48. The van der Waals surface area contributed by atoms with E-state index in [0.717, 1.165) is 11.5 Å². The van der Waals surface area contributed by atoms with Crippen molar-refractivity contribution in [3.63, 3.8) is 0 Å². The highest BCUT2D eigenvalue weighted by atomic mass is 16.5. The van der Waals surface area contributed by atoms with Crippen molar-refractivity contribution in [2.75, 3.05) is 13.2 Å². The second-order valence-corrected chi connectivity index (χ2v) is 5.37. The van der Waals surface area contributed by atoms with Gasteiger partial charge in [0, 0.05) is 6.54 Å². The molecular weight excluding hydrogens is 278 g/mol. The van der Waals surface area contributed by atoms with E-state index in [9.17, 15) is 4.79 Å². The van der Waals surface area contributed by atoms with Gasteiger partial charge in [-0.15, -0.1) is 0 Å². The maximum absolute atomic E-state index is 11.6. The average molecular weight is 299 g/mol. The van der Waals surface area contributed by atoms with Crippen molar-refractivity contribution in [2.45, 2.75) is 13.8 Å². The molecule has 4 nitrogen and oxygen atoms in total. The van der Waals surface area contributed by atoms with Crippen molar-refractivity contribution < 1.29 is 14.3 Å². The molecule has 0 aromatic heterocycles. The summed E-state index contributed by atoms with van der Waals surface area (Å²) in [7, 11) is 0. The lowest BCUT2D eigenvalue weighted by molar-refractivity contribution is -0.123. The van der Waals surface area contributed by atoms with Crippen molar-refractivity contribution in [2.24, 2.45) is 5.92 Å². The van der Waals surface area contributed by atoms with E-state index in [2.05, 4.69) is 5.32 Å². The summed E-state index contributed by atoms with van der Waals surface area (Å²) in [6, 6.07) is 16.8. The van der Waals surface area contributed by atoms with Crippen molar-refractivity contribution in [3.8, 4) is 17.2 Å². The van der Waals surface area contributed by atoms with Gasteiger partial charge in [0.25, 0.3) is 5.91 Å². The summed E-state index contributed by atoms with van der Waals surface area (Å²) in [6.07, 6.45) is 0. The van der Waals surface area contributed by atoms with Crippen molar-refractivity contribution >= 4 is 5.91 Å². The van der Waals surface area contributed by atoms with Gasteiger partial charge in [0.15, 0.2) is 6.61 Å². The summed E-state index contributed by atoms with van der Waals surface area (Å²) in [4.78, 5) is 11.6. The Morgan fingerprint density at radius 1 is 0.955 bits per heavy atom. The summed E-state index contributed by atoms with van der Waals surface area (Å²) < 4.78 is 11.1. The van der Waals surface area contributed by atoms with Crippen LogP contribution in [-0.2, 0) is 4.79 Å². The van der Waals surface area contributed by atoms with Crippen molar-refractivity contribution in [1.29, 1.82) is 0 Å². The lowest BCUT2D eigenvalue weighted by atomic mass is 10.2. The Morgan fingerprint density at radius 2 is 1.55 bits per heavy atom. The van der Waals surface area contributed by atoms with Gasteiger partial charge in [-0.3, -0.25) is 4.79 Å². The highest BCUT2D eigenvalue weighted by Crippen LogP contribution is 2.23. The van der Waals surface area contributed by atoms with E-state index in [1.807, 2.05) is 56.3 Å². The van der Waals surface area contributed by atoms with E-state index in [1.54, 1.807) is 12.1 Å². The molecule has 2 aromatic carbocycles. The molecule has 22 heavy (non-hydrogen) atoms. The molecule has 0 saturated heterocycles. The summed E-state index contributed by atoms with van der Waals surface area (Å²) in [5.74, 6) is 2.46. The molecule has 0 aliphatic rings. The van der Waals surface area contributed by atoms with Gasteiger partial charge in [-0.1, -0.05) is 32.0 Å². The van der Waals surface area contributed by atoms with Crippen LogP contribution in [0.25, 0.3) is 0 Å². The Hall–Kier alpha value is -2.49. The Balaban J connectivity index is 1.80. The van der Waals surface area contributed by atoms with Gasteiger partial charge in [0.05, 0.1) is 0 Å². The maximum Gasteiger partial charge on any atom is 0.257 e. The zero-order valence-electron chi connectivity index (χ0n) is 12.9. The summed E-state index contributed by atoms with van der Waals surface area (Å²) in [5, 5.41) is 2.81. The van der Waals surface area contributed by atoms with E-state index in [4.69, 9.17) is 9.47 Å². The molecule has 0 unspecified atom stereocenters. The largest absolute Gasteiger partial charge is 0.484 e. The summed E-state index contributed by atoms with van der Waals surface area (Å²) in [6.45, 7) is 4.77. The van der Waals surface area contributed by atoms with E-state index in [-0.39, 0.29) is 12.5 Å². The van der Waals surface area contributed by atoms with E-state index in [0.29, 0.717) is 18.2 Å². The van der Waals surface area contributed by atoms with Crippen LogP contribution < -0.4 is 14.8 Å². The number of carbonyl (C=O) groups is 1. The van der Waals surface area contributed by atoms with E-state index < -0.39 is 0 Å². The molecule has 0 bridgehead atoms. The van der Waals surface area contributed by atoms with Gasteiger partial charge in [-0.05, 0) is 42.3 Å². The van der Waals surface area contributed by atoms with Crippen LogP contribution in [0.2, 0.25) is 0 Å². The molecule has 0 aliphatic carbocycles. The molecule has 0 atom stereocenters. The summed E-state index contributed by atoms with van der Waals surface area (Å²) >= 11 is 0. The molecule has 0 aliphatic heterocycles. The number of amides is 1. The average Bonchev–Trinajstić information content (AvgIpc) is 2.53. The lowest BCUT2D eigenvalue weighted by Gasteiger charge is -2.10. The fourth-order valence-corrected chi connectivity index (χ4v) is 1.75. The fraction of sp³-hybridized carbons (Fsp3) is 0.278. The SMILES string of the molecule is CC(C)CNC(=O)COc1ccc(Oc2ccccc2)cc1. The van der Waals surface area contributed by atoms with Gasteiger partial charge in [0.1, 0.15) is 17.2 Å². The predicted octanol–water partition coefficient (Wildman–Crippen LogP) is 3.63. The van der Waals surface area contributed by atoms with Crippen LogP contribution in [0.4, 0.5) is 0 Å². The first-order chi connectivity index (χ1) is 10.6. The van der Waals surface area contributed by atoms with Crippen LogP contribution >= 0.6 is 0 Å². The van der Waals surface area contributed by atoms with Crippen LogP contribution in [0.5, 0.6) is 17.2 Å². The number of para-hydroxylation sites is 1. The quantitative estimate of drug-likeness (QED) is 0.849. The predicted molar refractivity (Wildman–Crippen MR) is 86.3 cm³/mol. The summed E-state index contributed by atoms with van der Waals surface area (Å²) in [5.41, 5.74) is 0. The molecule has 2 aromatic rings. The Morgan fingerprint density at radius 3 is 2.18 bits per heavy atom. The number of hydrogen-bond donors (Lipinski definition) is 1. The normalized spacial score (nSPS) is 10.3. The Labute approximate surface area is 131 Å². The standard InChI is InChI=1S/C18H21NO3/c1-14(2)12-19-18(20)13-21-15-8-10-17(11-9-15)22-16-6-4-3-5-7-16/h3-11,14H,12-13H2,1-2H3,(H,19,20). The van der Waals surface area contributed by atoms with Crippen LogP contribution in [0.1, 0.15) is 13.8 Å². The minimum atomic E-state index is -0.113. The second-order valence-electron chi connectivity index (χ2n) is 5.37. The van der Waals surface area contributed by atoms with Crippen LogP contribution in [0.3, 0.4) is 0 Å². The molecule has 0 fully saturated rings. The van der Waals surface area contributed by atoms with Gasteiger partial charge in [0.2, 0.25) is 0 Å². The smallest absolute Gasteiger partial charge is 0.257 e. The Bertz CT molecular complexity index is 579. The molecule has 0 spiro atoms. The van der Waals surface area contributed by atoms with E-state index in [1.165, 1.54) is 0 Å². The van der Waals surface area contributed by atoms with E-state index >= 15 is 0 Å². The van der Waals surface area contributed by atoms with Crippen molar-refractivity contribution in [3.05, 3.63) is 54.6 Å². The number of carbonyl (C=O) groups excluding carboxylic acids is 1. The zero-order valence-corrected chi connectivity index (χ0v) is 12.9. The first-order valence-electron chi connectivity index (χ1n) is 7.36. The van der Waals surface area contributed by atoms with Gasteiger partial charge >= 0.3 is 0 Å². The topological polar surface area (TPSA) is 47.6 Å². The van der Waals surface area contributed by atoms with Crippen LogP contribution in [0, 0.1) is 5.92 Å². The molecule has 1 N–H and O–H groups in total. The highest BCUT2D eigenvalue weighted by molar-refractivity contribution is 5.77. The minimum Gasteiger partial charge on any atom is -0.484 e. The molecule has 116 valence electrons. The van der Waals surface area contributed by atoms with Crippen LogP contribution in [0.15, 0.2) is 54.6 Å². The monoisotopic (exact) mass is 299 g/mol. The minimum absolute atomic E-state index is 0.0195. The third-order valence-corrected chi connectivity index (χ3v) is 2.88. The highest BCUT2D eigenvalue weighted by Gasteiger charge is 2.04. The second kappa shape index (κ2) is 8.08. The van der Waals surface area contributed by atoms with Gasteiger partial charge < -0.3 is 14.8 Å². The number of benzene rings is 2. The molecular formula is C18H21NO3. The van der Waals surface area contributed by atoms with Gasteiger partial charge in [-0.2, -0.15) is 0 Å². The molecule has 2 rings (SSSR count). The first-order valence-corrected chi connectivity index (χ1v) is 7.36. The zero-order chi connectivity index (χ0) is 15.8. The molecule has 4 heteroatoms. The number of hydrogen-bond acceptors (Lipinski definition) is 3. The first kappa shape index (κ1) is 15.9. The number of nitrogens with one attached hydrogen (secondary N) is 1. The Kier molecular flexibility index (Phi) is 5.83. The molecule has 1 amide bonds. The lowest BCUT2D eigenvalue weighted by Crippen LogP contribution is -2.31. The van der Waals surface area contributed by atoms with Gasteiger partial charge in [-0.25, -0.2) is 0 Å². The third-order valence-electron chi connectivity index (χ3n) is 2.88. The molecule has 0 saturated carbocycles. The van der Waals surface area contributed by atoms with Crippen LogP contribution in [-0.4, -0.2) is 19.1 Å².